The van der Waals surface area contributed by atoms with Crippen molar-refractivity contribution in [2.24, 2.45) is 0 Å². The van der Waals surface area contributed by atoms with Gasteiger partial charge >= 0.3 is 6.03 Å². The first-order chi connectivity index (χ1) is 13.7. The third-order valence-electron chi connectivity index (χ3n) is 5.13. The van der Waals surface area contributed by atoms with Gasteiger partial charge in [-0.15, -0.1) is 0 Å². The van der Waals surface area contributed by atoms with Gasteiger partial charge in [0.25, 0.3) is 0 Å². The largest absolute Gasteiger partial charge is 0.322 e. The summed E-state index contributed by atoms with van der Waals surface area (Å²) < 4.78 is 0. The summed E-state index contributed by atoms with van der Waals surface area (Å²) in [4.78, 5) is 17.3. The molecule has 2 rings (SSSR count). The molecule has 0 aliphatic heterocycles. The molecule has 0 aliphatic rings. The molecule has 0 aliphatic carbocycles. The molecule has 29 heavy (non-hydrogen) atoms. The number of anilines is 1. The Bertz CT molecular complexity index is 799. The summed E-state index contributed by atoms with van der Waals surface area (Å²) in [6, 6.07) is 10.7. The first-order valence-corrected chi connectivity index (χ1v) is 10.5. The van der Waals surface area contributed by atoms with Gasteiger partial charge < -0.3 is 15.1 Å². The van der Waals surface area contributed by atoms with E-state index in [-0.39, 0.29) is 6.03 Å². The molecule has 4 heteroatoms. The molecule has 0 atom stereocenters. The number of benzene rings is 2. The molecule has 0 unspecified atom stereocenters. The van der Waals surface area contributed by atoms with Crippen molar-refractivity contribution in [3.05, 3.63) is 63.7 Å². The molecule has 0 bridgehead atoms. The number of amides is 2. The molecule has 0 saturated heterocycles. The van der Waals surface area contributed by atoms with Gasteiger partial charge in [0.1, 0.15) is 0 Å². The van der Waals surface area contributed by atoms with Crippen molar-refractivity contribution >= 4 is 11.7 Å². The van der Waals surface area contributed by atoms with E-state index in [1.54, 1.807) is 0 Å². The second-order valence-electron chi connectivity index (χ2n) is 8.63. The van der Waals surface area contributed by atoms with E-state index in [0.717, 1.165) is 42.7 Å². The molecule has 2 aromatic carbocycles. The Morgan fingerprint density at radius 1 is 0.793 bits per heavy atom. The van der Waals surface area contributed by atoms with Gasteiger partial charge in [-0.25, -0.2) is 4.79 Å². The highest BCUT2D eigenvalue weighted by molar-refractivity contribution is 5.91. The molecule has 4 nitrogen and oxygen atoms in total. The maximum atomic E-state index is 13.2. The number of hydrogen-bond donors (Lipinski definition) is 1. The third-order valence-corrected chi connectivity index (χ3v) is 5.13. The highest BCUT2D eigenvalue weighted by atomic mass is 16.2. The quantitative estimate of drug-likeness (QED) is 0.590. The molecular weight excluding hydrogens is 358 g/mol. The fourth-order valence-corrected chi connectivity index (χ4v) is 3.93. The molecule has 0 aromatic heterocycles. The van der Waals surface area contributed by atoms with Gasteiger partial charge in [-0.05, 0) is 84.8 Å². The van der Waals surface area contributed by atoms with Crippen molar-refractivity contribution < 1.29 is 4.79 Å². The molecule has 158 valence electrons. The Hall–Kier alpha value is -2.33. The van der Waals surface area contributed by atoms with Crippen LogP contribution in [0.2, 0.25) is 0 Å². The molecule has 2 aromatic rings. The molecule has 0 spiro atoms. The van der Waals surface area contributed by atoms with Crippen LogP contribution in [0.15, 0.2) is 30.3 Å². The number of nitrogens with zero attached hydrogens (tertiary/aromatic N) is 2. The predicted molar refractivity (Wildman–Crippen MR) is 124 cm³/mol. The zero-order valence-electron chi connectivity index (χ0n) is 19.2. The van der Waals surface area contributed by atoms with Crippen LogP contribution in [0.4, 0.5) is 10.5 Å². The van der Waals surface area contributed by atoms with Gasteiger partial charge in [0, 0.05) is 18.8 Å². The molecule has 1 N–H and O–H groups in total. The summed E-state index contributed by atoms with van der Waals surface area (Å²) in [5.41, 5.74) is 8.01. The number of rotatable bonds is 8. The Morgan fingerprint density at radius 3 is 1.86 bits per heavy atom. The van der Waals surface area contributed by atoms with Crippen LogP contribution in [0.25, 0.3) is 0 Å². The molecule has 0 fully saturated rings. The zero-order valence-corrected chi connectivity index (χ0v) is 19.2. The minimum atomic E-state index is -0.0240. The fraction of sp³-hybridized carbons (Fsp3) is 0.480. The molecule has 2 amide bonds. The second kappa shape index (κ2) is 10.4. The van der Waals surface area contributed by atoms with Crippen molar-refractivity contribution in [1.29, 1.82) is 0 Å². The third kappa shape index (κ3) is 7.21. The molecule has 0 heterocycles. The minimum Gasteiger partial charge on any atom is -0.320 e. The van der Waals surface area contributed by atoms with Crippen LogP contribution in [0, 0.1) is 34.6 Å². The number of carbonyl (C=O) groups excluding carboxylic acids is 1. The summed E-state index contributed by atoms with van der Waals surface area (Å²) in [5.74, 6) is 0. The Kier molecular flexibility index (Phi) is 8.27. The second-order valence-corrected chi connectivity index (χ2v) is 8.63. The number of hydrogen-bond acceptors (Lipinski definition) is 2. The lowest BCUT2D eigenvalue weighted by molar-refractivity contribution is 0.207. The lowest BCUT2D eigenvalue weighted by Crippen LogP contribution is -2.36. The first kappa shape index (κ1) is 23.0. The van der Waals surface area contributed by atoms with Crippen LogP contribution in [0.1, 0.15) is 46.2 Å². The van der Waals surface area contributed by atoms with Crippen molar-refractivity contribution in [3.63, 3.8) is 0 Å². The Balaban J connectivity index is 2.17. The minimum absolute atomic E-state index is 0.0240. The number of nitrogens with one attached hydrogen (secondary N) is 1. The monoisotopic (exact) mass is 395 g/mol. The van der Waals surface area contributed by atoms with Gasteiger partial charge in [-0.3, -0.25) is 0 Å². The van der Waals surface area contributed by atoms with Gasteiger partial charge in [0.05, 0.1) is 0 Å². The standard InChI is InChI=1S/C25H37N3O/c1-18-12-19(2)16-23(15-18)17-28(11-9-8-10-27(6)7)25(29)26-24-21(4)13-20(3)14-22(24)5/h12-16H,8-11,17H2,1-7H3,(H,26,29). The van der Waals surface area contributed by atoms with Gasteiger partial charge in [-0.2, -0.15) is 0 Å². The summed E-state index contributed by atoms with van der Waals surface area (Å²) in [6.07, 6.45) is 2.06. The average molecular weight is 396 g/mol. The summed E-state index contributed by atoms with van der Waals surface area (Å²) >= 11 is 0. The van der Waals surface area contributed by atoms with E-state index >= 15 is 0 Å². The Labute approximate surface area is 176 Å². The maximum Gasteiger partial charge on any atom is 0.322 e. The fourth-order valence-electron chi connectivity index (χ4n) is 3.93. The van der Waals surface area contributed by atoms with Gasteiger partial charge in [0.15, 0.2) is 0 Å². The highest BCUT2D eigenvalue weighted by Crippen LogP contribution is 2.23. The van der Waals surface area contributed by atoms with E-state index in [9.17, 15) is 4.79 Å². The number of carbonyl (C=O) groups is 1. The lowest BCUT2D eigenvalue weighted by Gasteiger charge is -2.25. The highest BCUT2D eigenvalue weighted by Gasteiger charge is 2.16. The SMILES string of the molecule is Cc1cc(C)cc(CN(CCCCN(C)C)C(=O)Nc2c(C)cc(C)cc2C)c1. The number of urea groups is 1. The summed E-state index contributed by atoms with van der Waals surface area (Å²) in [6.45, 7) is 12.8. The van der Waals surface area contributed by atoms with Crippen LogP contribution in [-0.4, -0.2) is 43.0 Å². The normalized spacial score (nSPS) is 11.0. The molecular formula is C25H37N3O. The van der Waals surface area contributed by atoms with Crippen LogP contribution in [0.3, 0.4) is 0 Å². The van der Waals surface area contributed by atoms with Crippen molar-refractivity contribution in [2.45, 2.75) is 54.0 Å². The molecule has 0 saturated carbocycles. The smallest absolute Gasteiger partial charge is 0.320 e. The van der Waals surface area contributed by atoms with E-state index in [2.05, 4.69) is 89.3 Å². The maximum absolute atomic E-state index is 13.2. The number of unbranched alkanes of at least 4 members (excludes halogenated alkanes) is 1. The first-order valence-electron chi connectivity index (χ1n) is 10.5. The summed E-state index contributed by atoms with van der Waals surface area (Å²) in [7, 11) is 4.17. The van der Waals surface area contributed by atoms with E-state index in [1.807, 2.05) is 4.90 Å². The van der Waals surface area contributed by atoms with Gasteiger partial charge in [0.2, 0.25) is 0 Å². The number of aryl methyl sites for hydroxylation is 5. The topological polar surface area (TPSA) is 35.6 Å². The van der Waals surface area contributed by atoms with Crippen LogP contribution >= 0.6 is 0 Å². The van der Waals surface area contributed by atoms with Crippen LogP contribution in [0.5, 0.6) is 0 Å². The predicted octanol–water partition coefficient (Wildman–Crippen LogP) is 5.60. The zero-order chi connectivity index (χ0) is 21.6. The van der Waals surface area contributed by atoms with Crippen LogP contribution in [-0.2, 0) is 6.54 Å². The molecule has 0 radical (unpaired) electrons. The van der Waals surface area contributed by atoms with Crippen molar-refractivity contribution in [1.82, 2.24) is 9.80 Å². The van der Waals surface area contributed by atoms with Crippen molar-refractivity contribution in [2.75, 3.05) is 32.5 Å². The van der Waals surface area contributed by atoms with Gasteiger partial charge in [-0.1, -0.05) is 47.0 Å². The summed E-state index contributed by atoms with van der Waals surface area (Å²) in [5, 5.41) is 3.18. The lowest BCUT2D eigenvalue weighted by atomic mass is 10.1. The van der Waals surface area contributed by atoms with Crippen molar-refractivity contribution in [3.8, 4) is 0 Å². The average Bonchev–Trinajstić information content (AvgIpc) is 2.59. The van der Waals surface area contributed by atoms with E-state index in [4.69, 9.17) is 0 Å². The van der Waals surface area contributed by atoms with E-state index in [1.165, 1.54) is 22.3 Å². The van der Waals surface area contributed by atoms with E-state index < -0.39 is 0 Å². The van der Waals surface area contributed by atoms with Crippen LogP contribution < -0.4 is 5.32 Å². The Morgan fingerprint density at radius 2 is 1.31 bits per heavy atom. The van der Waals surface area contributed by atoms with E-state index in [0.29, 0.717) is 6.54 Å².